The van der Waals surface area contributed by atoms with Crippen LogP contribution in [-0.4, -0.2) is 76.7 Å². The van der Waals surface area contributed by atoms with Crippen molar-refractivity contribution in [3.63, 3.8) is 0 Å². The molecule has 0 aliphatic carbocycles. The lowest BCUT2D eigenvalue weighted by atomic mass is 9.93. The van der Waals surface area contributed by atoms with E-state index >= 15 is 0 Å². The molecule has 4 aromatic carbocycles. The van der Waals surface area contributed by atoms with E-state index in [0.29, 0.717) is 51.9 Å². The fourth-order valence-corrected chi connectivity index (χ4v) is 9.09. The van der Waals surface area contributed by atoms with Crippen molar-refractivity contribution in [3.05, 3.63) is 244 Å². The summed E-state index contributed by atoms with van der Waals surface area (Å²) in [7, 11) is 0. The Labute approximate surface area is 594 Å². The zero-order valence-corrected chi connectivity index (χ0v) is 57.5. The highest BCUT2D eigenvalue weighted by atomic mass is 79.9. The molecule has 0 aliphatic rings. The van der Waals surface area contributed by atoms with Crippen LogP contribution in [0.15, 0.2) is 144 Å². The summed E-state index contributed by atoms with van der Waals surface area (Å²) in [5.74, 6) is -0.401. The molecule has 0 spiro atoms. The van der Waals surface area contributed by atoms with Crippen LogP contribution in [0.5, 0.6) is 0 Å². The molecule has 10 rings (SSSR count). The summed E-state index contributed by atoms with van der Waals surface area (Å²) in [6, 6.07) is 13.6. The molecule has 0 bridgehead atoms. The number of nitrogens with two attached hydrogens (primary N) is 1. The first-order valence-corrected chi connectivity index (χ1v) is 30.8. The number of aromatic nitrogens is 10. The zero-order valence-electron chi connectivity index (χ0n) is 55.9. The van der Waals surface area contributed by atoms with Crippen molar-refractivity contribution in [2.75, 3.05) is 11.1 Å². The fourth-order valence-electron chi connectivity index (χ4n) is 8.47. The predicted molar refractivity (Wildman–Crippen MR) is 343 cm³/mol. The number of nitrogen functional groups attached to an aromatic ring is 1. The molecular formula is C64H59BrF18N14O9. The van der Waals surface area contributed by atoms with Crippen molar-refractivity contribution in [2.24, 2.45) is 0 Å². The Morgan fingerprint density at radius 3 is 1.29 bits per heavy atom. The molecule has 42 heteroatoms. The number of nitro groups is 2. The van der Waals surface area contributed by atoms with E-state index in [1.807, 2.05) is 41.5 Å². The number of hydrogen-bond donors (Lipinski definition) is 4. The highest BCUT2D eigenvalue weighted by Gasteiger charge is 2.40. The van der Waals surface area contributed by atoms with Crippen LogP contribution >= 0.6 is 15.9 Å². The SMILES string of the molecule is CC(C)(C)c1cc(C(=O)O)no1.Cc1cc(C(F)(F)F)ccc1CBr.Cc1ccc(Cn2cc(NC(=O)c3cc(C(C)(C)C)on3)cn2)c(C(F)(F)F)c1.Nc1cnn(Cc2ccc(C(F)(F)F)cc2C(F)(F)F)c1.O=[N+]([O-])c1cn[nH]c1.O=[N+]([O-])c1cnn(Cc2ccc(C(F)(F)F)cc2C(F)(F)F)c1. The van der Waals surface area contributed by atoms with Gasteiger partial charge in [0, 0.05) is 40.7 Å². The van der Waals surface area contributed by atoms with Crippen LogP contribution in [-0.2, 0) is 72.9 Å². The number of carboxylic acids is 1. The first-order chi connectivity index (χ1) is 48.6. The van der Waals surface area contributed by atoms with Gasteiger partial charge in [0.25, 0.3) is 5.91 Å². The molecule has 6 heterocycles. The third-order valence-corrected chi connectivity index (χ3v) is 14.5. The molecule has 0 saturated heterocycles. The molecule has 106 heavy (non-hydrogen) atoms. The maximum atomic E-state index is 13.3. The third kappa shape index (κ3) is 25.6. The van der Waals surface area contributed by atoms with Gasteiger partial charge in [-0.2, -0.15) is 99.4 Å². The van der Waals surface area contributed by atoms with Gasteiger partial charge in [-0.05, 0) is 84.1 Å². The van der Waals surface area contributed by atoms with E-state index < -0.39 is 110 Å². The van der Waals surface area contributed by atoms with Gasteiger partial charge in [-0.25, -0.2) is 4.79 Å². The van der Waals surface area contributed by atoms with Crippen molar-refractivity contribution in [1.82, 2.24) is 49.9 Å². The number of nitrogens with zero attached hydrogens (tertiary/aromatic N) is 11. The minimum Gasteiger partial charge on any atom is -0.476 e. The van der Waals surface area contributed by atoms with E-state index in [1.54, 1.807) is 26.0 Å². The summed E-state index contributed by atoms with van der Waals surface area (Å²) in [5, 5.41) is 56.2. The Kier molecular flexibility index (Phi) is 27.6. The number of halogens is 19. The number of H-pyrrole nitrogens is 1. The van der Waals surface area contributed by atoms with Gasteiger partial charge in [0.1, 0.15) is 30.1 Å². The molecule has 0 aliphatic heterocycles. The molecule has 572 valence electrons. The summed E-state index contributed by atoms with van der Waals surface area (Å²) in [6.07, 6.45) is -18.9. The monoisotopic (exact) mass is 1590 g/mol. The van der Waals surface area contributed by atoms with Gasteiger partial charge in [-0.1, -0.05) is 104 Å². The fraction of sp³-hybridized carbons (Fsp3) is 0.312. The van der Waals surface area contributed by atoms with E-state index in [-0.39, 0.29) is 69.9 Å². The van der Waals surface area contributed by atoms with E-state index in [1.165, 1.54) is 53.9 Å². The number of carbonyl (C=O) groups is 2. The topological polar surface area (TPSA) is 313 Å². The van der Waals surface area contributed by atoms with Gasteiger partial charge in [-0.3, -0.25) is 44.2 Å². The lowest BCUT2D eigenvalue weighted by molar-refractivity contribution is -0.385. The number of aromatic carboxylic acids is 1. The van der Waals surface area contributed by atoms with Crippen LogP contribution < -0.4 is 11.1 Å². The summed E-state index contributed by atoms with van der Waals surface area (Å²) in [6.45, 7) is 13.9. The number of anilines is 2. The largest absolute Gasteiger partial charge is 0.476 e. The van der Waals surface area contributed by atoms with E-state index in [0.717, 1.165) is 57.8 Å². The quantitative estimate of drug-likeness (QED) is 0.0382. The number of aryl methyl sites for hydroxylation is 2. The summed E-state index contributed by atoms with van der Waals surface area (Å²) >= 11 is 3.20. The normalized spacial score (nSPS) is 12.0. The van der Waals surface area contributed by atoms with Crippen LogP contribution in [0.1, 0.15) is 141 Å². The highest BCUT2D eigenvalue weighted by molar-refractivity contribution is 9.08. The molecule has 5 N–H and O–H groups in total. The van der Waals surface area contributed by atoms with Crippen LogP contribution in [0.4, 0.5) is 102 Å². The molecule has 10 aromatic rings. The molecule has 0 fully saturated rings. The molecule has 0 unspecified atom stereocenters. The van der Waals surface area contributed by atoms with Crippen molar-refractivity contribution < 1.29 is 113 Å². The number of amides is 1. The number of aromatic amines is 1. The van der Waals surface area contributed by atoms with Crippen molar-refractivity contribution in [3.8, 4) is 0 Å². The van der Waals surface area contributed by atoms with Crippen LogP contribution in [0.25, 0.3) is 0 Å². The Morgan fingerprint density at radius 1 is 0.528 bits per heavy atom. The number of benzene rings is 4. The number of carboxylic acid groups (broad SMARTS) is 1. The van der Waals surface area contributed by atoms with E-state index in [9.17, 15) is 109 Å². The second kappa shape index (κ2) is 34.2. The second-order valence-corrected chi connectivity index (χ2v) is 24.9. The molecule has 6 aromatic heterocycles. The van der Waals surface area contributed by atoms with Gasteiger partial charge < -0.3 is 25.2 Å². The van der Waals surface area contributed by atoms with Crippen LogP contribution in [0.3, 0.4) is 0 Å². The minimum absolute atomic E-state index is 0.00719. The highest BCUT2D eigenvalue weighted by Crippen LogP contribution is 2.40. The molecular weight excluding hydrogens is 1530 g/mol. The molecule has 0 saturated carbocycles. The Hall–Kier alpha value is -11.1. The first kappa shape index (κ1) is 85.5. The third-order valence-electron chi connectivity index (χ3n) is 13.9. The molecule has 0 atom stereocenters. The van der Waals surface area contributed by atoms with E-state index in [2.05, 4.69) is 57.1 Å². The Bertz CT molecular complexity index is 4610. The molecule has 0 radical (unpaired) electrons. The number of hydrogen-bond acceptors (Lipinski definition) is 15. The molecule has 23 nitrogen and oxygen atoms in total. The predicted octanol–water partition coefficient (Wildman–Crippen LogP) is 18.1. The smallest absolute Gasteiger partial charge is 0.416 e. The molecule has 1 amide bonds. The van der Waals surface area contributed by atoms with Gasteiger partial charge in [-0.15, -0.1) is 0 Å². The minimum atomic E-state index is -5.00. The van der Waals surface area contributed by atoms with Crippen LogP contribution in [0, 0.1) is 34.1 Å². The van der Waals surface area contributed by atoms with Gasteiger partial charge in [0.2, 0.25) is 0 Å². The van der Waals surface area contributed by atoms with Gasteiger partial charge >= 0.3 is 54.4 Å². The van der Waals surface area contributed by atoms with Crippen molar-refractivity contribution >= 4 is 50.6 Å². The second-order valence-electron chi connectivity index (χ2n) is 24.3. The maximum Gasteiger partial charge on any atom is 0.416 e. The van der Waals surface area contributed by atoms with Crippen LogP contribution in [0.2, 0.25) is 0 Å². The van der Waals surface area contributed by atoms with Crippen molar-refractivity contribution in [2.45, 2.75) is 128 Å². The van der Waals surface area contributed by atoms with E-state index in [4.69, 9.17) is 19.9 Å². The van der Waals surface area contributed by atoms with Gasteiger partial charge in [0.05, 0.1) is 92.8 Å². The Balaban J connectivity index is 0.000000238. The lowest BCUT2D eigenvalue weighted by Crippen LogP contribution is -2.15. The standard InChI is InChI=1S/C20H21F3N4O2.C12H7F6N3O2.C12H9F6N3.C9H8BrF3.C8H11NO3.C3H3N3O2/c1-12-5-6-13(15(7-12)20(21,22)23)10-27-11-14(9-24-27)25-18(28)16-8-17(29-26-16)19(2,3)4;13-11(14,15)8-2-1-7(10(3-8)12(16,17)18)5-20-6-9(4-19-20)21(22)23;13-11(14,15)8-2-1-7(10(3-8)12(16,17)18)5-21-6-9(19)4-20-21;1-6-4-8(9(11,12)13)3-2-7(6)5-10;1-8(2,3)6-4-5(7(10)11)9-12-6;7-6(8)3-1-4-5-2-3/h5-9,11H,10H2,1-4H3,(H,25,28);1-4,6H,5H2;1-4,6H,5,19H2;2-4H,5H2,1H3;4H,1-3H3,(H,10,11);1-2H,(H,4,5). The maximum absolute atomic E-state index is 13.3. The number of rotatable bonds is 12. The lowest BCUT2D eigenvalue weighted by Gasteiger charge is -2.16. The Morgan fingerprint density at radius 2 is 0.934 bits per heavy atom. The summed E-state index contributed by atoms with van der Waals surface area (Å²) < 4.78 is 242. The average molecular weight is 1590 g/mol. The van der Waals surface area contributed by atoms with Gasteiger partial charge in [0.15, 0.2) is 11.4 Å². The average Bonchev–Trinajstić information content (AvgIpc) is 0.965. The summed E-state index contributed by atoms with van der Waals surface area (Å²) in [4.78, 5) is 41.7. The van der Waals surface area contributed by atoms with Crippen molar-refractivity contribution in [1.29, 1.82) is 0 Å². The summed E-state index contributed by atoms with van der Waals surface area (Å²) in [5.41, 5.74) is -0.410. The number of carbonyl (C=O) groups excluding carboxylic acids is 1. The number of alkyl halides is 19. The first-order valence-electron chi connectivity index (χ1n) is 29.7. The number of nitrogens with one attached hydrogen (secondary N) is 2. The zero-order chi connectivity index (χ0) is 80.0.